The molecule has 2 N–H and O–H groups in total. The fourth-order valence-electron chi connectivity index (χ4n) is 4.26. The summed E-state index contributed by atoms with van der Waals surface area (Å²) in [5.74, 6) is 2.05. The molecule has 0 spiro atoms. The first kappa shape index (κ1) is 25.9. The van der Waals surface area contributed by atoms with Gasteiger partial charge in [0.2, 0.25) is 0 Å². The number of aliphatic hydroxyl groups excluding tert-OH is 2. The highest BCUT2D eigenvalue weighted by Crippen LogP contribution is 2.33. The van der Waals surface area contributed by atoms with E-state index in [4.69, 9.17) is 14.6 Å². The monoisotopic (exact) mass is 534 g/mol. The molecule has 2 aromatic carbocycles. The number of piperazine rings is 1. The van der Waals surface area contributed by atoms with Gasteiger partial charge in [0.05, 0.1) is 12.0 Å². The van der Waals surface area contributed by atoms with Crippen molar-refractivity contribution in [3.63, 3.8) is 0 Å². The number of thiophene rings is 1. The molecule has 0 saturated carbocycles. The lowest BCUT2D eigenvalue weighted by atomic mass is 10.1. The van der Waals surface area contributed by atoms with Crippen molar-refractivity contribution in [2.24, 2.45) is 0 Å². The van der Waals surface area contributed by atoms with Crippen LogP contribution < -0.4 is 14.4 Å². The molecule has 0 bridgehead atoms. The Bertz CT molecular complexity index is 1390. The van der Waals surface area contributed by atoms with Crippen LogP contribution >= 0.6 is 11.3 Å². The van der Waals surface area contributed by atoms with Crippen molar-refractivity contribution < 1.29 is 24.5 Å². The summed E-state index contributed by atoms with van der Waals surface area (Å²) < 4.78 is 11.5. The van der Waals surface area contributed by atoms with Crippen molar-refractivity contribution in [3.05, 3.63) is 71.1 Å². The van der Waals surface area contributed by atoms with Gasteiger partial charge in [-0.25, -0.2) is 0 Å². The van der Waals surface area contributed by atoms with E-state index < -0.39 is 12.7 Å². The number of anilines is 1. The number of hydrogen-bond acceptors (Lipinski definition) is 9. The average molecular weight is 535 g/mol. The quantitative estimate of drug-likeness (QED) is 0.334. The number of rotatable bonds is 9. The number of aryl methyl sites for hydroxylation is 1. The van der Waals surface area contributed by atoms with Gasteiger partial charge in [-0.3, -0.25) is 4.79 Å². The van der Waals surface area contributed by atoms with Gasteiger partial charge < -0.3 is 29.5 Å². The summed E-state index contributed by atoms with van der Waals surface area (Å²) in [6.07, 6.45) is -0.117. The lowest BCUT2D eigenvalue weighted by molar-refractivity contribution is 0.0506. The minimum absolute atomic E-state index is 0.0400. The predicted molar refractivity (Wildman–Crippen MR) is 146 cm³/mol. The summed E-state index contributed by atoms with van der Waals surface area (Å²) in [4.78, 5) is 28.4. The van der Waals surface area contributed by atoms with Crippen LogP contribution in [0.25, 0.3) is 10.2 Å². The van der Waals surface area contributed by atoms with Crippen molar-refractivity contribution in [2.75, 3.05) is 44.3 Å². The van der Waals surface area contributed by atoms with Crippen LogP contribution in [0, 0.1) is 0 Å². The largest absolute Gasteiger partial charge is 0.461 e. The van der Waals surface area contributed by atoms with E-state index in [-0.39, 0.29) is 18.5 Å². The molecule has 3 heterocycles. The minimum atomic E-state index is -1.00. The van der Waals surface area contributed by atoms with Crippen molar-refractivity contribution in [3.8, 4) is 17.5 Å². The molecule has 38 heavy (non-hydrogen) atoms. The van der Waals surface area contributed by atoms with Crippen molar-refractivity contribution in [1.29, 1.82) is 0 Å². The number of fused-ring (bicyclic) bond motifs is 1. The summed E-state index contributed by atoms with van der Waals surface area (Å²) in [7, 11) is 0. The molecular weight excluding hydrogens is 504 g/mol. The Kier molecular flexibility index (Phi) is 8.02. The number of nitrogens with zero attached hydrogens (tertiary/aromatic N) is 4. The molecule has 0 unspecified atom stereocenters. The van der Waals surface area contributed by atoms with E-state index in [0.29, 0.717) is 37.5 Å². The molecule has 1 saturated heterocycles. The van der Waals surface area contributed by atoms with Gasteiger partial charge in [0, 0.05) is 36.6 Å². The molecule has 1 atom stereocenters. The summed E-state index contributed by atoms with van der Waals surface area (Å²) in [5.41, 5.74) is 0.583. The number of aromatic nitrogens is 2. The Hall–Kier alpha value is -3.73. The summed E-state index contributed by atoms with van der Waals surface area (Å²) in [6, 6.07) is 19.0. The zero-order chi connectivity index (χ0) is 26.5. The number of hydrogen-bond donors (Lipinski definition) is 2. The molecule has 10 heteroatoms. The summed E-state index contributed by atoms with van der Waals surface area (Å²) in [5, 5.41) is 19.7. The number of aliphatic hydroxyl groups is 2. The second-order valence-electron chi connectivity index (χ2n) is 8.98. The van der Waals surface area contributed by atoms with E-state index in [1.165, 1.54) is 4.88 Å². The maximum Gasteiger partial charge on any atom is 0.319 e. The average Bonchev–Trinajstić information content (AvgIpc) is 3.39. The van der Waals surface area contributed by atoms with Crippen LogP contribution in [0.2, 0.25) is 0 Å². The molecule has 1 aliphatic heterocycles. The number of amides is 1. The number of carbonyl (C=O) groups excluding carboxylic acids is 1. The van der Waals surface area contributed by atoms with Crippen LogP contribution in [0.5, 0.6) is 17.5 Å². The molecular formula is C28H30N4O5S. The van der Waals surface area contributed by atoms with Crippen LogP contribution in [0.15, 0.2) is 60.7 Å². The fraction of sp³-hybridized carbons (Fsp3) is 0.321. The molecule has 9 nitrogen and oxygen atoms in total. The van der Waals surface area contributed by atoms with Crippen molar-refractivity contribution in [2.45, 2.75) is 19.4 Å². The van der Waals surface area contributed by atoms with Gasteiger partial charge >= 0.3 is 6.01 Å². The first-order chi connectivity index (χ1) is 18.5. The molecule has 0 radical (unpaired) electrons. The molecule has 198 valence electrons. The van der Waals surface area contributed by atoms with Crippen LogP contribution in [0.1, 0.15) is 22.2 Å². The molecule has 1 fully saturated rings. The number of carbonyl (C=O) groups is 1. The zero-order valence-electron chi connectivity index (χ0n) is 21.1. The second kappa shape index (κ2) is 11.8. The van der Waals surface area contributed by atoms with E-state index in [0.717, 1.165) is 28.2 Å². The third-order valence-electron chi connectivity index (χ3n) is 6.29. The Morgan fingerprint density at radius 3 is 2.53 bits per heavy atom. The maximum atomic E-state index is 13.3. The summed E-state index contributed by atoms with van der Waals surface area (Å²) >= 11 is 1.59. The first-order valence-electron chi connectivity index (χ1n) is 12.6. The maximum absolute atomic E-state index is 13.3. The van der Waals surface area contributed by atoms with E-state index in [1.807, 2.05) is 53.4 Å². The minimum Gasteiger partial charge on any atom is -0.461 e. The fourth-order valence-corrected chi connectivity index (χ4v) is 5.22. The topological polar surface area (TPSA) is 108 Å². The third kappa shape index (κ3) is 5.88. The van der Waals surface area contributed by atoms with Gasteiger partial charge in [-0.2, -0.15) is 9.97 Å². The highest BCUT2D eigenvalue weighted by molar-refractivity contribution is 7.18. The normalized spacial score (nSPS) is 14.5. The first-order valence-corrected chi connectivity index (χ1v) is 13.4. The standard InChI is InChI=1S/C28H30N4O5S/c1-2-23-16-24-25(29-28(30-26(24)38-23)36-18-20(34)17-33)31-11-13-32(14-12-31)27(35)19-7-6-10-22(15-19)37-21-8-4-3-5-9-21/h3-10,15-16,20,33-34H,2,11-14,17-18H2,1H3/t20-/m1/s1. The van der Waals surface area contributed by atoms with Crippen LogP contribution in [-0.2, 0) is 6.42 Å². The molecule has 1 aliphatic rings. The lowest BCUT2D eigenvalue weighted by Crippen LogP contribution is -2.49. The Labute approximate surface area is 224 Å². The van der Waals surface area contributed by atoms with Gasteiger partial charge in [-0.15, -0.1) is 11.3 Å². The van der Waals surface area contributed by atoms with Crippen LogP contribution in [0.3, 0.4) is 0 Å². The SMILES string of the molecule is CCc1cc2c(N3CCN(C(=O)c4cccc(Oc5ccccc5)c4)CC3)nc(OC[C@H](O)CO)nc2s1. The molecule has 2 aromatic heterocycles. The highest BCUT2D eigenvalue weighted by atomic mass is 32.1. The van der Waals surface area contributed by atoms with Gasteiger partial charge in [0.1, 0.15) is 34.9 Å². The second-order valence-corrected chi connectivity index (χ2v) is 10.1. The van der Waals surface area contributed by atoms with Gasteiger partial charge in [-0.1, -0.05) is 31.2 Å². The highest BCUT2D eigenvalue weighted by Gasteiger charge is 2.26. The molecule has 4 aromatic rings. The molecule has 0 aliphatic carbocycles. The lowest BCUT2D eigenvalue weighted by Gasteiger charge is -2.35. The van der Waals surface area contributed by atoms with Crippen molar-refractivity contribution in [1.82, 2.24) is 14.9 Å². The summed E-state index contributed by atoms with van der Waals surface area (Å²) in [6.45, 7) is 3.89. The van der Waals surface area contributed by atoms with E-state index in [9.17, 15) is 9.90 Å². The van der Waals surface area contributed by atoms with Crippen LogP contribution in [-0.4, -0.2) is 76.5 Å². The zero-order valence-corrected chi connectivity index (χ0v) is 21.9. The third-order valence-corrected chi connectivity index (χ3v) is 7.47. The Morgan fingerprint density at radius 2 is 1.79 bits per heavy atom. The predicted octanol–water partition coefficient (Wildman–Crippen LogP) is 3.74. The molecule has 5 rings (SSSR count). The van der Waals surface area contributed by atoms with E-state index in [1.54, 1.807) is 17.4 Å². The number of benzene rings is 2. The molecule has 1 amide bonds. The number of para-hydroxylation sites is 1. The Morgan fingerprint density at radius 1 is 1.03 bits per heavy atom. The van der Waals surface area contributed by atoms with E-state index >= 15 is 0 Å². The van der Waals surface area contributed by atoms with Crippen LogP contribution in [0.4, 0.5) is 5.82 Å². The number of ether oxygens (including phenoxy) is 2. The smallest absolute Gasteiger partial charge is 0.319 e. The Balaban J connectivity index is 1.29. The van der Waals surface area contributed by atoms with Gasteiger partial charge in [-0.05, 0) is 42.8 Å². The van der Waals surface area contributed by atoms with Crippen molar-refractivity contribution >= 4 is 33.3 Å². The van der Waals surface area contributed by atoms with Gasteiger partial charge in [0.25, 0.3) is 5.91 Å². The van der Waals surface area contributed by atoms with Gasteiger partial charge in [0.15, 0.2) is 0 Å². The van der Waals surface area contributed by atoms with E-state index in [2.05, 4.69) is 27.9 Å².